The minimum absolute atomic E-state index is 0.104. The van der Waals surface area contributed by atoms with E-state index in [1.165, 1.54) is 16.7 Å². The van der Waals surface area contributed by atoms with E-state index in [1.54, 1.807) is 13.8 Å². The van der Waals surface area contributed by atoms with E-state index in [2.05, 4.69) is 0 Å². The van der Waals surface area contributed by atoms with Gasteiger partial charge in [-0.15, -0.1) is 0 Å². The van der Waals surface area contributed by atoms with Crippen LogP contribution in [0.1, 0.15) is 26.3 Å². The average Bonchev–Trinajstić information content (AvgIpc) is 2.49. The van der Waals surface area contributed by atoms with Crippen molar-refractivity contribution in [3.05, 3.63) is 35.9 Å². The van der Waals surface area contributed by atoms with Crippen LogP contribution < -0.4 is 0 Å². The van der Waals surface area contributed by atoms with Crippen LogP contribution in [0.2, 0.25) is 0 Å². The Bertz CT molecular complexity index is 543. The van der Waals surface area contributed by atoms with E-state index < -0.39 is 5.97 Å². The van der Waals surface area contributed by atoms with Crippen molar-refractivity contribution >= 4 is 17.8 Å². The molecule has 23 heavy (non-hydrogen) atoms. The van der Waals surface area contributed by atoms with Crippen molar-refractivity contribution in [1.82, 2.24) is 9.80 Å². The number of benzene rings is 1. The highest BCUT2D eigenvalue weighted by atomic mass is 16.4. The molecule has 126 valence electrons. The molecule has 0 saturated carbocycles. The molecule has 0 aliphatic rings. The van der Waals surface area contributed by atoms with Crippen LogP contribution in [0.3, 0.4) is 0 Å². The van der Waals surface area contributed by atoms with Crippen molar-refractivity contribution in [2.45, 2.75) is 33.2 Å². The van der Waals surface area contributed by atoms with Crippen molar-refractivity contribution in [3.63, 3.8) is 0 Å². The Morgan fingerprint density at radius 2 is 1.70 bits per heavy atom. The summed E-state index contributed by atoms with van der Waals surface area (Å²) in [6.07, 6.45) is 0.647. The third-order valence-electron chi connectivity index (χ3n) is 3.53. The Morgan fingerprint density at radius 3 is 2.17 bits per heavy atom. The molecule has 1 aromatic carbocycles. The van der Waals surface area contributed by atoms with Crippen molar-refractivity contribution in [2.24, 2.45) is 0 Å². The molecule has 0 atom stereocenters. The number of carboxylic acids is 1. The largest absolute Gasteiger partial charge is 0.480 e. The fourth-order valence-electron chi connectivity index (χ4n) is 2.22. The number of hydrogen-bond donors (Lipinski definition) is 1. The van der Waals surface area contributed by atoms with Gasteiger partial charge in [0.05, 0.1) is 6.54 Å². The minimum atomic E-state index is -1.06. The fraction of sp³-hybridized carbons (Fsp3) is 0.471. The van der Waals surface area contributed by atoms with Gasteiger partial charge >= 0.3 is 5.97 Å². The third-order valence-corrected chi connectivity index (χ3v) is 3.53. The number of nitrogens with zero attached hydrogens (tertiary/aromatic N) is 2. The molecule has 0 aliphatic heterocycles. The Morgan fingerprint density at radius 1 is 1.09 bits per heavy atom. The van der Waals surface area contributed by atoms with Gasteiger partial charge in [0.2, 0.25) is 11.8 Å². The van der Waals surface area contributed by atoms with E-state index in [0.717, 1.165) is 5.56 Å². The van der Waals surface area contributed by atoms with Gasteiger partial charge in [-0.05, 0) is 25.8 Å². The molecule has 0 aromatic heterocycles. The molecular formula is C17H24N2O4. The first-order valence-corrected chi connectivity index (χ1v) is 7.62. The molecule has 0 bridgehead atoms. The Labute approximate surface area is 136 Å². The highest BCUT2D eigenvalue weighted by Crippen LogP contribution is 2.05. The number of carbonyl (C=O) groups excluding carboxylic acids is 2. The summed E-state index contributed by atoms with van der Waals surface area (Å²) < 4.78 is 0. The van der Waals surface area contributed by atoms with Gasteiger partial charge < -0.3 is 14.9 Å². The second kappa shape index (κ2) is 8.92. The van der Waals surface area contributed by atoms with Crippen LogP contribution in [0.15, 0.2) is 30.3 Å². The summed E-state index contributed by atoms with van der Waals surface area (Å²) >= 11 is 0. The van der Waals surface area contributed by atoms with Crippen LogP contribution in [-0.2, 0) is 20.8 Å². The number of hydrogen-bond acceptors (Lipinski definition) is 3. The van der Waals surface area contributed by atoms with Gasteiger partial charge in [-0.25, -0.2) is 0 Å². The molecular weight excluding hydrogens is 296 g/mol. The predicted octanol–water partition coefficient (Wildman–Crippen LogP) is 1.40. The van der Waals surface area contributed by atoms with Gasteiger partial charge in [-0.3, -0.25) is 14.4 Å². The van der Waals surface area contributed by atoms with Gasteiger partial charge in [-0.1, -0.05) is 30.3 Å². The first-order chi connectivity index (χ1) is 10.8. The van der Waals surface area contributed by atoms with E-state index in [-0.39, 0.29) is 30.9 Å². The number of carbonyl (C=O) groups is 3. The van der Waals surface area contributed by atoms with Crippen molar-refractivity contribution < 1.29 is 19.5 Å². The molecule has 0 unspecified atom stereocenters. The second-order valence-electron chi connectivity index (χ2n) is 5.69. The second-order valence-corrected chi connectivity index (χ2v) is 5.69. The maximum absolute atomic E-state index is 12.3. The molecule has 0 radical (unpaired) electrons. The molecule has 2 amide bonds. The normalized spacial score (nSPS) is 10.4. The first-order valence-electron chi connectivity index (χ1n) is 7.62. The SMILES string of the molecule is CC(=O)N(CCc1ccccc1)CC(=O)N(CC(=O)O)C(C)C. The average molecular weight is 320 g/mol. The minimum Gasteiger partial charge on any atom is -0.480 e. The van der Waals surface area contributed by atoms with E-state index in [0.29, 0.717) is 13.0 Å². The summed E-state index contributed by atoms with van der Waals surface area (Å²) in [6.45, 7) is 4.87. The van der Waals surface area contributed by atoms with Crippen LogP contribution in [0, 0.1) is 0 Å². The Kier molecular flexibility index (Phi) is 7.25. The Balaban J connectivity index is 2.68. The summed E-state index contributed by atoms with van der Waals surface area (Å²) in [6, 6.07) is 9.46. The summed E-state index contributed by atoms with van der Waals surface area (Å²) in [5, 5.41) is 8.90. The first kappa shape index (κ1) is 18.7. The van der Waals surface area contributed by atoms with Crippen LogP contribution >= 0.6 is 0 Å². The van der Waals surface area contributed by atoms with Crippen molar-refractivity contribution in [3.8, 4) is 0 Å². The molecule has 1 rings (SSSR count). The van der Waals surface area contributed by atoms with Crippen LogP contribution in [0.25, 0.3) is 0 Å². The lowest BCUT2D eigenvalue weighted by Crippen LogP contribution is -2.47. The standard InChI is InChI=1S/C17H24N2O4/c1-13(2)19(12-17(22)23)16(21)11-18(14(3)20)10-9-15-7-5-4-6-8-15/h4-8,13H,9-12H2,1-3H3,(H,22,23). The quantitative estimate of drug-likeness (QED) is 0.785. The number of carboxylic acid groups (broad SMARTS) is 1. The van der Waals surface area contributed by atoms with Gasteiger partial charge in [0, 0.05) is 19.5 Å². The maximum atomic E-state index is 12.3. The molecule has 1 N–H and O–H groups in total. The van der Waals surface area contributed by atoms with E-state index in [1.807, 2.05) is 30.3 Å². The molecule has 0 aliphatic carbocycles. The molecule has 0 saturated heterocycles. The lowest BCUT2D eigenvalue weighted by molar-refractivity contribution is -0.147. The lowest BCUT2D eigenvalue weighted by Gasteiger charge is -2.28. The fourth-order valence-corrected chi connectivity index (χ4v) is 2.22. The van der Waals surface area contributed by atoms with Gasteiger partial charge in [0.1, 0.15) is 6.54 Å². The molecule has 6 nitrogen and oxygen atoms in total. The number of rotatable bonds is 8. The van der Waals surface area contributed by atoms with Gasteiger partial charge in [-0.2, -0.15) is 0 Å². The van der Waals surface area contributed by atoms with Crippen molar-refractivity contribution in [2.75, 3.05) is 19.6 Å². The summed E-state index contributed by atoms with van der Waals surface area (Å²) in [5.41, 5.74) is 1.08. The van der Waals surface area contributed by atoms with Gasteiger partial charge in [0.25, 0.3) is 0 Å². The summed E-state index contributed by atoms with van der Waals surface area (Å²) in [7, 11) is 0. The van der Waals surface area contributed by atoms with Crippen LogP contribution in [0.4, 0.5) is 0 Å². The zero-order valence-electron chi connectivity index (χ0n) is 13.9. The highest BCUT2D eigenvalue weighted by Gasteiger charge is 2.23. The molecule has 0 heterocycles. The van der Waals surface area contributed by atoms with E-state index in [9.17, 15) is 14.4 Å². The van der Waals surface area contributed by atoms with Crippen molar-refractivity contribution in [1.29, 1.82) is 0 Å². The van der Waals surface area contributed by atoms with Crippen LogP contribution in [0.5, 0.6) is 0 Å². The molecule has 0 spiro atoms. The molecule has 0 fully saturated rings. The monoisotopic (exact) mass is 320 g/mol. The zero-order valence-corrected chi connectivity index (χ0v) is 13.9. The van der Waals surface area contributed by atoms with Crippen LogP contribution in [-0.4, -0.2) is 58.4 Å². The smallest absolute Gasteiger partial charge is 0.323 e. The predicted molar refractivity (Wildman–Crippen MR) is 86.9 cm³/mol. The number of aliphatic carboxylic acids is 1. The lowest BCUT2D eigenvalue weighted by atomic mass is 10.1. The number of amides is 2. The molecule has 1 aromatic rings. The molecule has 6 heteroatoms. The topological polar surface area (TPSA) is 77.9 Å². The highest BCUT2D eigenvalue weighted by molar-refractivity contribution is 5.86. The van der Waals surface area contributed by atoms with E-state index in [4.69, 9.17) is 5.11 Å². The summed E-state index contributed by atoms with van der Waals surface area (Å²) in [4.78, 5) is 37.7. The van der Waals surface area contributed by atoms with E-state index >= 15 is 0 Å². The Hall–Kier alpha value is -2.37. The zero-order chi connectivity index (χ0) is 17.4. The maximum Gasteiger partial charge on any atom is 0.323 e. The third kappa shape index (κ3) is 6.50. The summed E-state index contributed by atoms with van der Waals surface area (Å²) in [5.74, 6) is -1.62. The van der Waals surface area contributed by atoms with Gasteiger partial charge in [0.15, 0.2) is 0 Å².